The number of carbonyl (C=O) groups is 1. The van der Waals surface area contributed by atoms with Gasteiger partial charge in [0.05, 0.1) is 18.0 Å². The number of carboxylic acid groups (broad SMARTS) is 1. The average Bonchev–Trinajstić information content (AvgIpc) is 2.84. The first kappa shape index (κ1) is 15.2. The molecule has 6 heteroatoms. The lowest BCUT2D eigenvalue weighted by Gasteiger charge is -2.20. The molecule has 112 valence electrons. The third-order valence-corrected chi connectivity index (χ3v) is 3.05. The van der Waals surface area contributed by atoms with Gasteiger partial charge in [-0.25, -0.2) is 9.48 Å². The number of ether oxygens (including phenoxy) is 1. The van der Waals surface area contributed by atoms with Crippen LogP contribution >= 0.6 is 0 Å². The monoisotopic (exact) mass is 289 g/mol. The Morgan fingerprint density at radius 3 is 2.67 bits per heavy atom. The van der Waals surface area contributed by atoms with Crippen LogP contribution in [0.25, 0.3) is 5.69 Å². The number of aromatic carboxylic acids is 1. The number of hydrogen-bond donors (Lipinski definition) is 1. The molecule has 0 atom stereocenters. The van der Waals surface area contributed by atoms with Crippen LogP contribution in [0.2, 0.25) is 0 Å². The molecule has 0 saturated carbocycles. The number of aromatic nitrogens is 3. The van der Waals surface area contributed by atoms with Crippen LogP contribution in [0.5, 0.6) is 0 Å². The molecule has 1 aromatic heterocycles. The Morgan fingerprint density at radius 1 is 1.38 bits per heavy atom. The Kier molecular flexibility index (Phi) is 4.09. The van der Waals surface area contributed by atoms with Gasteiger partial charge in [-0.2, -0.15) is 0 Å². The van der Waals surface area contributed by atoms with E-state index in [9.17, 15) is 9.90 Å². The van der Waals surface area contributed by atoms with Crippen LogP contribution in [-0.2, 0) is 16.8 Å². The molecule has 0 spiro atoms. The summed E-state index contributed by atoms with van der Waals surface area (Å²) in [5, 5.41) is 17.1. The van der Waals surface area contributed by atoms with E-state index in [1.54, 1.807) is 11.8 Å². The molecule has 0 unspecified atom stereocenters. The number of hydrogen-bond acceptors (Lipinski definition) is 4. The van der Waals surface area contributed by atoms with Crippen molar-refractivity contribution in [2.45, 2.75) is 32.8 Å². The van der Waals surface area contributed by atoms with Gasteiger partial charge in [0.25, 0.3) is 0 Å². The predicted octanol–water partition coefficient (Wildman–Crippen LogP) is 2.41. The normalized spacial score (nSPS) is 11.6. The minimum absolute atomic E-state index is 0.0142. The zero-order chi connectivity index (χ0) is 15.6. The highest BCUT2D eigenvalue weighted by Crippen LogP contribution is 2.27. The molecule has 6 nitrogen and oxygen atoms in total. The second-order valence-electron chi connectivity index (χ2n) is 5.86. The Labute approximate surface area is 123 Å². The highest BCUT2D eigenvalue weighted by Gasteiger charge is 2.29. The van der Waals surface area contributed by atoms with E-state index in [0.29, 0.717) is 12.3 Å². The molecule has 1 aromatic carbocycles. The number of rotatable bonds is 4. The van der Waals surface area contributed by atoms with Crippen molar-refractivity contribution in [3.8, 4) is 5.69 Å². The fourth-order valence-corrected chi connectivity index (χ4v) is 2.22. The van der Waals surface area contributed by atoms with E-state index in [0.717, 1.165) is 11.3 Å². The van der Waals surface area contributed by atoms with Crippen LogP contribution in [0.3, 0.4) is 0 Å². The largest absolute Gasteiger partial charge is 0.476 e. The molecule has 0 aliphatic rings. The number of nitrogens with zero attached hydrogens (tertiary/aromatic N) is 3. The lowest BCUT2D eigenvalue weighted by atomic mass is 9.90. The zero-order valence-corrected chi connectivity index (χ0v) is 12.6. The molecule has 1 heterocycles. The predicted molar refractivity (Wildman–Crippen MR) is 77.7 cm³/mol. The van der Waals surface area contributed by atoms with Crippen molar-refractivity contribution < 1.29 is 14.6 Å². The summed E-state index contributed by atoms with van der Waals surface area (Å²) in [5.74, 6) is -1.07. The molecule has 0 aliphatic carbocycles. The molecule has 0 saturated heterocycles. The van der Waals surface area contributed by atoms with Gasteiger partial charge in [0.1, 0.15) is 0 Å². The molecule has 2 aromatic rings. The van der Waals surface area contributed by atoms with Gasteiger partial charge in [-0.15, -0.1) is 5.10 Å². The van der Waals surface area contributed by atoms with Gasteiger partial charge in [0.15, 0.2) is 5.69 Å². The molecule has 2 rings (SSSR count). The molecule has 21 heavy (non-hydrogen) atoms. The van der Waals surface area contributed by atoms with Gasteiger partial charge >= 0.3 is 5.97 Å². The maximum Gasteiger partial charge on any atom is 0.358 e. The highest BCUT2D eigenvalue weighted by atomic mass is 16.5. The molecular weight excluding hydrogens is 270 g/mol. The number of carboxylic acids is 1. The van der Waals surface area contributed by atoms with Crippen molar-refractivity contribution >= 4 is 5.97 Å². The van der Waals surface area contributed by atoms with Crippen LogP contribution in [0.1, 0.15) is 42.5 Å². The van der Waals surface area contributed by atoms with Crippen molar-refractivity contribution in [3.05, 3.63) is 41.2 Å². The molecule has 0 fully saturated rings. The van der Waals surface area contributed by atoms with Crippen molar-refractivity contribution in [1.29, 1.82) is 0 Å². The lowest BCUT2D eigenvalue weighted by molar-refractivity contribution is 0.0687. The quantitative estimate of drug-likeness (QED) is 0.935. The van der Waals surface area contributed by atoms with E-state index in [1.165, 1.54) is 0 Å². The Bertz CT molecular complexity index is 656. The Hall–Kier alpha value is -2.21. The van der Waals surface area contributed by atoms with E-state index >= 15 is 0 Å². The average molecular weight is 289 g/mol. The summed E-state index contributed by atoms with van der Waals surface area (Å²) >= 11 is 0. The molecule has 1 N–H and O–H groups in total. The topological polar surface area (TPSA) is 77.2 Å². The first-order chi connectivity index (χ1) is 9.84. The van der Waals surface area contributed by atoms with Crippen LogP contribution < -0.4 is 0 Å². The maximum atomic E-state index is 11.3. The van der Waals surface area contributed by atoms with E-state index in [4.69, 9.17) is 4.74 Å². The zero-order valence-electron chi connectivity index (χ0n) is 12.6. The minimum atomic E-state index is -1.07. The van der Waals surface area contributed by atoms with E-state index in [1.807, 2.05) is 45.0 Å². The van der Waals surface area contributed by atoms with Gasteiger partial charge in [-0.1, -0.05) is 38.1 Å². The van der Waals surface area contributed by atoms with Gasteiger partial charge in [0, 0.05) is 12.5 Å². The summed E-state index contributed by atoms with van der Waals surface area (Å²) in [6, 6.07) is 7.62. The van der Waals surface area contributed by atoms with Crippen LogP contribution in [0.15, 0.2) is 24.3 Å². The van der Waals surface area contributed by atoms with E-state index < -0.39 is 11.4 Å². The van der Waals surface area contributed by atoms with Gasteiger partial charge in [-0.3, -0.25) is 0 Å². The standard InChI is InChI=1S/C15H19N3O3/c1-15(2,3)13-12(14(19)20)16-17-18(13)11-7-5-6-10(8-11)9-21-4/h5-8H,9H2,1-4H3,(H,19,20). The number of methoxy groups -OCH3 is 1. The maximum absolute atomic E-state index is 11.3. The lowest BCUT2D eigenvalue weighted by Crippen LogP contribution is -2.21. The summed E-state index contributed by atoms with van der Waals surface area (Å²) in [6.07, 6.45) is 0. The summed E-state index contributed by atoms with van der Waals surface area (Å²) < 4.78 is 6.71. The molecule has 0 amide bonds. The van der Waals surface area contributed by atoms with Crippen LogP contribution in [-0.4, -0.2) is 33.2 Å². The van der Waals surface area contributed by atoms with Crippen molar-refractivity contribution in [2.75, 3.05) is 7.11 Å². The molecular formula is C15H19N3O3. The fourth-order valence-electron chi connectivity index (χ4n) is 2.22. The second-order valence-corrected chi connectivity index (χ2v) is 5.86. The SMILES string of the molecule is COCc1cccc(-n2nnc(C(=O)O)c2C(C)(C)C)c1. The van der Waals surface area contributed by atoms with Crippen LogP contribution in [0.4, 0.5) is 0 Å². The second kappa shape index (κ2) is 5.65. The minimum Gasteiger partial charge on any atom is -0.476 e. The molecule has 0 aliphatic heterocycles. The third-order valence-electron chi connectivity index (χ3n) is 3.05. The molecule has 0 bridgehead atoms. The Morgan fingerprint density at radius 2 is 2.10 bits per heavy atom. The highest BCUT2D eigenvalue weighted by molar-refractivity contribution is 5.87. The van der Waals surface area contributed by atoms with Crippen molar-refractivity contribution in [3.63, 3.8) is 0 Å². The van der Waals surface area contributed by atoms with Gasteiger partial charge in [-0.05, 0) is 17.7 Å². The summed E-state index contributed by atoms with van der Waals surface area (Å²) in [6.45, 7) is 6.30. The first-order valence-electron chi connectivity index (χ1n) is 6.62. The summed E-state index contributed by atoms with van der Waals surface area (Å²) in [4.78, 5) is 11.3. The van der Waals surface area contributed by atoms with Crippen molar-refractivity contribution in [1.82, 2.24) is 15.0 Å². The Balaban J connectivity index is 2.59. The molecule has 0 radical (unpaired) electrons. The summed E-state index contributed by atoms with van der Waals surface area (Å²) in [5.41, 5.74) is 1.93. The summed E-state index contributed by atoms with van der Waals surface area (Å²) in [7, 11) is 1.63. The van der Waals surface area contributed by atoms with Crippen molar-refractivity contribution in [2.24, 2.45) is 0 Å². The third kappa shape index (κ3) is 3.11. The van der Waals surface area contributed by atoms with Crippen LogP contribution in [0, 0.1) is 0 Å². The van der Waals surface area contributed by atoms with E-state index in [2.05, 4.69) is 10.3 Å². The van der Waals surface area contributed by atoms with E-state index in [-0.39, 0.29) is 5.69 Å². The smallest absolute Gasteiger partial charge is 0.358 e. The number of benzene rings is 1. The first-order valence-corrected chi connectivity index (χ1v) is 6.62. The van der Waals surface area contributed by atoms with Gasteiger partial charge in [0.2, 0.25) is 0 Å². The van der Waals surface area contributed by atoms with Gasteiger partial charge < -0.3 is 9.84 Å². The fraction of sp³-hybridized carbons (Fsp3) is 0.400.